The summed E-state index contributed by atoms with van der Waals surface area (Å²) in [5, 5.41) is 20.4. The molecule has 2 amide bonds. The van der Waals surface area contributed by atoms with Crippen LogP contribution >= 0.6 is 11.8 Å². The Labute approximate surface area is 262 Å². The minimum absolute atomic E-state index is 0.0188. The van der Waals surface area contributed by atoms with E-state index in [0.717, 1.165) is 42.9 Å². The van der Waals surface area contributed by atoms with Crippen LogP contribution in [0.3, 0.4) is 0 Å². The van der Waals surface area contributed by atoms with Crippen LogP contribution < -0.4 is 4.90 Å². The number of likely N-dealkylation sites (tertiary alicyclic amines) is 1. The number of nitro benzene ring substituents is 1. The third kappa shape index (κ3) is 7.45. The molecule has 3 heterocycles. The van der Waals surface area contributed by atoms with E-state index < -0.39 is 17.7 Å². The summed E-state index contributed by atoms with van der Waals surface area (Å²) in [4.78, 5) is 46.1. The number of nitriles is 1. The Bertz CT molecular complexity index is 1380. The topological polar surface area (TPSA) is 123 Å². The van der Waals surface area contributed by atoms with Crippen molar-refractivity contribution < 1.29 is 19.2 Å². The molecule has 0 unspecified atom stereocenters. The van der Waals surface area contributed by atoms with Gasteiger partial charge in [-0.3, -0.25) is 24.7 Å². The van der Waals surface area contributed by atoms with Gasteiger partial charge in [0.1, 0.15) is 11.6 Å². The highest BCUT2D eigenvalue weighted by Crippen LogP contribution is 2.33. The fourth-order valence-corrected chi connectivity index (χ4v) is 7.26. The standard InChI is InChI=1S/C32H40N6O5S/c1-32(2,3)43-31(40)37-21-28(18-29(37)30(39)35-16-17-44-22-35)36(20-24-6-4-23(19-33)5-7-24)26-12-14-34(15-13-26)25-8-10-27(11-9-25)38(41)42/h4-11,26,28-29H,12-18,20-22H2,1-3H3/t28-,29-/m0/s1. The number of ether oxygens (including phenoxy) is 1. The molecular formula is C32H40N6O5S. The molecule has 2 atom stereocenters. The largest absolute Gasteiger partial charge is 0.444 e. The summed E-state index contributed by atoms with van der Waals surface area (Å²) in [6.45, 7) is 8.77. The molecule has 3 aliphatic rings. The highest BCUT2D eigenvalue weighted by molar-refractivity contribution is 7.99. The van der Waals surface area contributed by atoms with Crippen molar-refractivity contribution in [2.24, 2.45) is 0 Å². The number of hydrogen-bond acceptors (Lipinski definition) is 9. The number of hydrogen-bond donors (Lipinski definition) is 0. The molecule has 0 aliphatic carbocycles. The van der Waals surface area contributed by atoms with Crippen LogP contribution in [0.25, 0.3) is 0 Å². The zero-order valence-corrected chi connectivity index (χ0v) is 26.4. The average Bonchev–Trinajstić information content (AvgIpc) is 3.71. The van der Waals surface area contributed by atoms with Crippen LogP contribution in [0.4, 0.5) is 16.2 Å². The summed E-state index contributed by atoms with van der Waals surface area (Å²) in [5.41, 5.74) is 2.02. The van der Waals surface area contributed by atoms with Gasteiger partial charge in [-0.2, -0.15) is 5.26 Å². The molecule has 0 aromatic heterocycles. The molecule has 44 heavy (non-hydrogen) atoms. The van der Waals surface area contributed by atoms with Gasteiger partial charge in [0.15, 0.2) is 0 Å². The molecule has 0 N–H and O–H groups in total. The predicted molar refractivity (Wildman–Crippen MR) is 169 cm³/mol. The number of carbonyl (C=O) groups excluding carboxylic acids is 2. The maximum atomic E-state index is 13.7. The van der Waals surface area contributed by atoms with E-state index >= 15 is 0 Å². The second kappa shape index (κ2) is 13.4. The molecule has 11 nitrogen and oxygen atoms in total. The van der Waals surface area contributed by atoms with E-state index in [-0.39, 0.29) is 28.6 Å². The first-order valence-corrected chi connectivity index (χ1v) is 16.3. The van der Waals surface area contributed by atoms with Gasteiger partial charge in [0.25, 0.3) is 5.69 Å². The van der Waals surface area contributed by atoms with Crippen molar-refractivity contribution in [3.8, 4) is 6.07 Å². The Kier molecular flexibility index (Phi) is 9.65. The van der Waals surface area contributed by atoms with Crippen molar-refractivity contribution in [2.75, 3.05) is 42.7 Å². The van der Waals surface area contributed by atoms with Crippen molar-refractivity contribution in [3.63, 3.8) is 0 Å². The smallest absolute Gasteiger partial charge is 0.411 e. The number of nitrogens with zero attached hydrogens (tertiary/aromatic N) is 6. The Morgan fingerprint density at radius 1 is 1.07 bits per heavy atom. The number of rotatable bonds is 7. The van der Waals surface area contributed by atoms with Gasteiger partial charge >= 0.3 is 6.09 Å². The first kappa shape index (κ1) is 31.6. The van der Waals surface area contributed by atoms with E-state index in [0.29, 0.717) is 37.5 Å². The van der Waals surface area contributed by atoms with Crippen molar-refractivity contribution in [3.05, 3.63) is 69.8 Å². The van der Waals surface area contributed by atoms with Crippen LogP contribution in [0.5, 0.6) is 0 Å². The third-order valence-electron chi connectivity index (χ3n) is 8.53. The lowest BCUT2D eigenvalue weighted by molar-refractivity contribution is -0.384. The molecule has 0 spiro atoms. The quantitative estimate of drug-likeness (QED) is 0.316. The molecule has 12 heteroatoms. The summed E-state index contributed by atoms with van der Waals surface area (Å²) in [6.07, 6.45) is 1.78. The fraction of sp³-hybridized carbons (Fsp3) is 0.531. The number of carbonyl (C=O) groups is 2. The zero-order chi connectivity index (χ0) is 31.4. The molecular weight excluding hydrogens is 580 g/mol. The highest BCUT2D eigenvalue weighted by Gasteiger charge is 2.46. The van der Waals surface area contributed by atoms with Crippen LogP contribution in [0.2, 0.25) is 0 Å². The van der Waals surface area contributed by atoms with Gasteiger partial charge in [0, 0.05) is 68.4 Å². The highest BCUT2D eigenvalue weighted by atomic mass is 32.2. The normalized spacial score (nSPS) is 21.0. The number of piperidine rings is 1. The van der Waals surface area contributed by atoms with Crippen LogP contribution in [0.1, 0.15) is 51.2 Å². The molecule has 0 bridgehead atoms. The predicted octanol–water partition coefficient (Wildman–Crippen LogP) is 4.85. The lowest BCUT2D eigenvalue weighted by Gasteiger charge is -2.42. The SMILES string of the molecule is CC(C)(C)OC(=O)N1C[C@@H](N(Cc2ccc(C#N)cc2)C2CCN(c3ccc([N+](=O)[O-])cc3)CC2)C[C@H]1C(=O)N1CCSC1. The monoisotopic (exact) mass is 620 g/mol. The van der Waals surface area contributed by atoms with E-state index in [1.807, 2.05) is 49.9 Å². The van der Waals surface area contributed by atoms with E-state index in [4.69, 9.17) is 4.74 Å². The van der Waals surface area contributed by atoms with E-state index in [1.165, 1.54) is 0 Å². The van der Waals surface area contributed by atoms with Crippen molar-refractivity contribution >= 4 is 35.1 Å². The molecule has 2 aromatic carbocycles. The van der Waals surface area contributed by atoms with Gasteiger partial charge in [0.2, 0.25) is 5.91 Å². The maximum absolute atomic E-state index is 13.7. The van der Waals surface area contributed by atoms with Crippen LogP contribution in [0.15, 0.2) is 48.5 Å². The van der Waals surface area contributed by atoms with Gasteiger partial charge in [0.05, 0.1) is 22.4 Å². The van der Waals surface area contributed by atoms with Gasteiger partial charge in [-0.25, -0.2) is 4.79 Å². The number of amides is 2. The Balaban J connectivity index is 1.37. The summed E-state index contributed by atoms with van der Waals surface area (Å²) < 4.78 is 5.78. The first-order valence-electron chi connectivity index (χ1n) is 15.1. The molecule has 3 aliphatic heterocycles. The summed E-state index contributed by atoms with van der Waals surface area (Å²) in [7, 11) is 0. The molecule has 3 fully saturated rings. The number of benzene rings is 2. The van der Waals surface area contributed by atoms with E-state index in [1.54, 1.807) is 40.9 Å². The lowest BCUT2D eigenvalue weighted by Crippen LogP contribution is -2.50. The molecule has 2 aromatic rings. The average molecular weight is 621 g/mol. The van der Waals surface area contributed by atoms with Gasteiger partial charge < -0.3 is 14.5 Å². The van der Waals surface area contributed by atoms with Crippen molar-refractivity contribution in [1.29, 1.82) is 5.26 Å². The molecule has 5 rings (SSSR count). The second-order valence-corrected chi connectivity index (χ2v) is 13.7. The molecule has 3 saturated heterocycles. The maximum Gasteiger partial charge on any atom is 0.411 e. The van der Waals surface area contributed by atoms with E-state index in [9.17, 15) is 25.0 Å². The zero-order valence-electron chi connectivity index (χ0n) is 25.6. The minimum atomic E-state index is -0.681. The Hall–Kier alpha value is -3.82. The van der Waals surface area contributed by atoms with Gasteiger partial charge in [-0.15, -0.1) is 11.8 Å². The Morgan fingerprint density at radius 3 is 2.32 bits per heavy atom. The summed E-state index contributed by atoms with van der Waals surface area (Å²) >= 11 is 1.72. The molecule has 0 radical (unpaired) electrons. The fourth-order valence-electron chi connectivity index (χ4n) is 6.30. The number of anilines is 1. The summed E-state index contributed by atoms with van der Waals surface area (Å²) in [6, 6.07) is 16.0. The number of nitro groups is 1. The minimum Gasteiger partial charge on any atom is -0.444 e. The molecule has 234 valence electrons. The number of non-ortho nitro benzene ring substituents is 1. The summed E-state index contributed by atoms with van der Waals surface area (Å²) in [5.74, 6) is 1.51. The van der Waals surface area contributed by atoms with Crippen LogP contribution in [-0.2, 0) is 16.1 Å². The van der Waals surface area contributed by atoms with Gasteiger partial charge in [-0.05, 0) is 69.9 Å². The van der Waals surface area contributed by atoms with E-state index in [2.05, 4.69) is 15.9 Å². The van der Waals surface area contributed by atoms with Crippen molar-refractivity contribution in [2.45, 2.75) is 70.3 Å². The second-order valence-electron chi connectivity index (χ2n) is 12.6. The first-order chi connectivity index (χ1) is 21.0. The third-order valence-corrected chi connectivity index (χ3v) is 9.50. The van der Waals surface area contributed by atoms with Crippen LogP contribution in [-0.4, -0.2) is 93.2 Å². The number of thioether (sulfide) groups is 1. The molecule has 0 saturated carbocycles. The lowest BCUT2D eigenvalue weighted by atomic mass is 9.98. The van der Waals surface area contributed by atoms with Gasteiger partial charge in [-0.1, -0.05) is 12.1 Å². The van der Waals surface area contributed by atoms with Crippen molar-refractivity contribution in [1.82, 2.24) is 14.7 Å². The van der Waals surface area contributed by atoms with Crippen LogP contribution in [0, 0.1) is 21.4 Å². The Morgan fingerprint density at radius 2 is 1.75 bits per heavy atom.